The lowest BCUT2D eigenvalue weighted by Crippen LogP contribution is -2.22. The van der Waals surface area contributed by atoms with Gasteiger partial charge >= 0.3 is 0 Å². The van der Waals surface area contributed by atoms with Crippen LogP contribution in [0.1, 0.15) is 29.7 Å². The van der Waals surface area contributed by atoms with Crippen LogP contribution in [0.2, 0.25) is 0 Å². The van der Waals surface area contributed by atoms with Gasteiger partial charge in [-0.25, -0.2) is 14.6 Å². The lowest BCUT2D eigenvalue weighted by Gasteiger charge is -2.08. The van der Waals surface area contributed by atoms with Crippen molar-refractivity contribution in [3.8, 4) is 5.82 Å². The fourth-order valence-electron chi connectivity index (χ4n) is 1.81. The molecule has 2 aromatic heterocycles. The number of carbonyl (C=O) groups excluding carboxylic acids is 1. The first-order valence-electron chi connectivity index (χ1n) is 6.88. The molecule has 0 aliphatic rings. The van der Waals surface area contributed by atoms with Gasteiger partial charge in [0.2, 0.25) is 0 Å². The molecule has 0 aromatic carbocycles. The maximum Gasteiger partial charge on any atom is 0.273 e. The van der Waals surface area contributed by atoms with Crippen molar-refractivity contribution < 1.29 is 4.79 Å². The molecular weight excluding hydrogens is 268 g/mol. The Bertz CT molecular complexity index is 634. The highest BCUT2D eigenvalue weighted by Gasteiger charge is 2.13. The number of nitrogens with one attached hydrogen (secondary N) is 1. The normalized spacial score (nSPS) is 10.5. The Kier molecular flexibility index (Phi) is 4.52. The van der Waals surface area contributed by atoms with E-state index in [1.54, 1.807) is 31.0 Å². The van der Waals surface area contributed by atoms with Crippen LogP contribution in [0.5, 0.6) is 0 Å². The highest BCUT2D eigenvalue weighted by Crippen LogP contribution is 2.11. The molecule has 0 saturated heterocycles. The molecule has 1 amide bonds. The molecule has 2 heterocycles. The molecule has 0 fully saturated rings. The number of amides is 1. The van der Waals surface area contributed by atoms with E-state index in [9.17, 15) is 4.79 Å². The quantitative estimate of drug-likeness (QED) is 0.902. The Morgan fingerprint density at radius 1 is 1.38 bits per heavy atom. The van der Waals surface area contributed by atoms with Crippen molar-refractivity contribution in [1.82, 2.24) is 24.6 Å². The number of hydrogen-bond donors (Lipinski definition) is 1. The molecule has 0 bridgehead atoms. The molecule has 0 aliphatic carbocycles. The second-order valence-electron chi connectivity index (χ2n) is 4.93. The van der Waals surface area contributed by atoms with Crippen LogP contribution in [0.25, 0.3) is 5.82 Å². The number of anilines is 1. The van der Waals surface area contributed by atoms with Gasteiger partial charge in [0.1, 0.15) is 11.6 Å². The summed E-state index contributed by atoms with van der Waals surface area (Å²) < 4.78 is 1.59. The Hall–Kier alpha value is -2.44. The number of rotatable bonds is 5. The first-order valence-corrected chi connectivity index (χ1v) is 6.88. The summed E-state index contributed by atoms with van der Waals surface area (Å²) in [4.78, 5) is 22.0. The van der Waals surface area contributed by atoms with Crippen molar-refractivity contribution in [3.05, 3.63) is 29.8 Å². The van der Waals surface area contributed by atoms with E-state index in [-0.39, 0.29) is 5.91 Å². The standard InChI is InChI=1S/C14H20N6O/c1-5-7-15-12-9-13(17-10(2)16-12)20-8-6-11(18-20)14(21)19(3)4/h6,8-9H,5,7H2,1-4H3,(H,15,16,17). The monoisotopic (exact) mass is 288 g/mol. The van der Waals surface area contributed by atoms with Gasteiger partial charge in [0.15, 0.2) is 11.5 Å². The number of aromatic nitrogens is 4. The SMILES string of the molecule is CCCNc1cc(-n2ccc(C(=O)N(C)C)n2)nc(C)n1. The summed E-state index contributed by atoms with van der Waals surface area (Å²) in [6.07, 6.45) is 2.74. The molecule has 21 heavy (non-hydrogen) atoms. The largest absolute Gasteiger partial charge is 0.370 e. The van der Waals surface area contributed by atoms with Crippen LogP contribution >= 0.6 is 0 Å². The van der Waals surface area contributed by atoms with Crippen LogP contribution in [0.15, 0.2) is 18.3 Å². The van der Waals surface area contributed by atoms with Crippen molar-refractivity contribution in [3.63, 3.8) is 0 Å². The molecule has 0 atom stereocenters. The van der Waals surface area contributed by atoms with Gasteiger partial charge in [0.05, 0.1) is 0 Å². The highest BCUT2D eigenvalue weighted by atomic mass is 16.2. The summed E-state index contributed by atoms with van der Waals surface area (Å²) in [7, 11) is 3.39. The predicted molar refractivity (Wildman–Crippen MR) is 80.7 cm³/mol. The van der Waals surface area contributed by atoms with Crippen LogP contribution in [-0.2, 0) is 0 Å². The van der Waals surface area contributed by atoms with E-state index in [0.29, 0.717) is 17.3 Å². The summed E-state index contributed by atoms with van der Waals surface area (Å²) in [5.74, 6) is 1.92. The smallest absolute Gasteiger partial charge is 0.273 e. The number of carbonyl (C=O) groups is 1. The van der Waals surface area contributed by atoms with Crippen LogP contribution in [-0.4, -0.2) is 51.2 Å². The first kappa shape index (κ1) is 15.0. The summed E-state index contributed by atoms with van der Waals surface area (Å²) in [5.41, 5.74) is 0.388. The summed E-state index contributed by atoms with van der Waals surface area (Å²) >= 11 is 0. The molecule has 2 rings (SSSR count). The zero-order chi connectivity index (χ0) is 15.4. The summed E-state index contributed by atoms with van der Waals surface area (Å²) in [6, 6.07) is 3.50. The molecule has 0 unspecified atom stereocenters. The Balaban J connectivity index is 2.29. The second kappa shape index (κ2) is 6.34. The highest BCUT2D eigenvalue weighted by molar-refractivity contribution is 5.91. The van der Waals surface area contributed by atoms with Gasteiger partial charge in [0, 0.05) is 32.9 Å². The molecule has 2 aromatic rings. The van der Waals surface area contributed by atoms with Gasteiger partial charge in [-0.05, 0) is 19.4 Å². The Morgan fingerprint density at radius 3 is 2.81 bits per heavy atom. The molecule has 7 nitrogen and oxygen atoms in total. The van der Waals surface area contributed by atoms with E-state index in [1.165, 1.54) is 4.90 Å². The van der Waals surface area contributed by atoms with Crippen molar-refractivity contribution >= 4 is 11.7 Å². The van der Waals surface area contributed by atoms with E-state index in [4.69, 9.17) is 0 Å². The lowest BCUT2D eigenvalue weighted by molar-refractivity contribution is 0.0821. The van der Waals surface area contributed by atoms with Gasteiger partial charge < -0.3 is 10.2 Å². The van der Waals surface area contributed by atoms with Crippen molar-refractivity contribution in [1.29, 1.82) is 0 Å². The summed E-state index contributed by atoms with van der Waals surface area (Å²) in [6.45, 7) is 4.77. The number of aryl methyl sites for hydroxylation is 1. The minimum absolute atomic E-state index is 0.135. The fraction of sp³-hybridized carbons (Fsp3) is 0.429. The van der Waals surface area contributed by atoms with Gasteiger partial charge in [-0.2, -0.15) is 5.10 Å². The third-order valence-electron chi connectivity index (χ3n) is 2.83. The summed E-state index contributed by atoms with van der Waals surface area (Å²) in [5, 5.41) is 7.50. The molecule has 7 heteroatoms. The van der Waals surface area contributed by atoms with E-state index in [0.717, 1.165) is 18.8 Å². The number of nitrogens with zero attached hydrogens (tertiary/aromatic N) is 5. The van der Waals surface area contributed by atoms with Gasteiger partial charge in [0.25, 0.3) is 5.91 Å². The van der Waals surface area contributed by atoms with Crippen LogP contribution in [0, 0.1) is 6.92 Å². The van der Waals surface area contributed by atoms with Crippen molar-refractivity contribution in [2.45, 2.75) is 20.3 Å². The molecular formula is C14H20N6O. The van der Waals surface area contributed by atoms with E-state index in [2.05, 4.69) is 27.3 Å². The third-order valence-corrected chi connectivity index (χ3v) is 2.83. The van der Waals surface area contributed by atoms with Crippen LogP contribution in [0.3, 0.4) is 0 Å². The average Bonchev–Trinajstić information content (AvgIpc) is 2.93. The van der Waals surface area contributed by atoms with Gasteiger partial charge in [-0.15, -0.1) is 0 Å². The van der Waals surface area contributed by atoms with E-state index < -0.39 is 0 Å². The Labute approximate surface area is 124 Å². The van der Waals surface area contributed by atoms with E-state index >= 15 is 0 Å². The molecule has 0 aliphatic heterocycles. The molecule has 1 N–H and O–H groups in total. The average molecular weight is 288 g/mol. The van der Waals surface area contributed by atoms with Crippen molar-refractivity contribution in [2.75, 3.05) is 26.0 Å². The molecule has 0 spiro atoms. The minimum atomic E-state index is -0.135. The van der Waals surface area contributed by atoms with Crippen LogP contribution in [0.4, 0.5) is 5.82 Å². The predicted octanol–water partition coefficient (Wildman–Crippen LogP) is 1.49. The van der Waals surface area contributed by atoms with Gasteiger partial charge in [-0.3, -0.25) is 4.79 Å². The van der Waals surface area contributed by atoms with Gasteiger partial charge in [-0.1, -0.05) is 6.92 Å². The topological polar surface area (TPSA) is 75.9 Å². The zero-order valence-electron chi connectivity index (χ0n) is 12.8. The van der Waals surface area contributed by atoms with E-state index in [1.807, 2.05) is 13.0 Å². The Morgan fingerprint density at radius 2 is 2.14 bits per heavy atom. The molecule has 0 radical (unpaired) electrons. The minimum Gasteiger partial charge on any atom is -0.370 e. The lowest BCUT2D eigenvalue weighted by atomic mass is 10.4. The van der Waals surface area contributed by atoms with Crippen molar-refractivity contribution in [2.24, 2.45) is 0 Å². The third kappa shape index (κ3) is 3.56. The fourth-order valence-corrected chi connectivity index (χ4v) is 1.81. The first-order chi connectivity index (χ1) is 10.0. The molecule has 0 saturated carbocycles. The van der Waals surface area contributed by atoms with Crippen LogP contribution < -0.4 is 5.32 Å². The molecule has 112 valence electrons. The number of hydrogen-bond acceptors (Lipinski definition) is 5. The maximum absolute atomic E-state index is 11.9. The second-order valence-corrected chi connectivity index (χ2v) is 4.93. The maximum atomic E-state index is 11.9. The zero-order valence-corrected chi connectivity index (χ0v) is 12.8.